The standard InChI is InChI=1S/C21H18O2/c1-21(2)14-8-4-3-7-13(14)19-15(21)11-12-18-20(19)23-17-10-6-5-9-16(17)22-18/h3-5,7-9,11-12H,6,10H2,1-2H3. The summed E-state index contributed by atoms with van der Waals surface area (Å²) in [5.41, 5.74) is 5.13. The number of rotatable bonds is 0. The number of fused-ring (bicyclic) bond motifs is 5. The van der Waals surface area contributed by atoms with Gasteiger partial charge in [-0.05, 0) is 35.3 Å². The van der Waals surface area contributed by atoms with Crippen LogP contribution in [-0.2, 0) is 5.41 Å². The van der Waals surface area contributed by atoms with Crippen LogP contribution in [0.1, 0.15) is 37.8 Å². The Hall–Kier alpha value is -2.48. The normalized spacial score (nSPS) is 19.2. The molecule has 114 valence electrons. The second kappa shape index (κ2) is 4.29. The first-order valence-corrected chi connectivity index (χ1v) is 8.19. The van der Waals surface area contributed by atoms with E-state index < -0.39 is 0 Å². The second-order valence-electron chi connectivity index (χ2n) is 6.92. The van der Waals surface area contributed by atoms with Crippen molar-refractivity contribution >= 4 is 0 Å². The summed E-state index contributed by atoms with van der Waals surface area (Å²) < 4.78 is 12.4. The molecule has 0 aromatic heterocycles. The molecule has 2 heteroatoms. The van der Waals surface area contributed by atoms with E-state index >= 15 is 0 Å². The average molecular weight is 302 g/mol. The zero-order chi connectivity index (χ0) is 15.6. The Morgan fingerprint density at radius 2 is 1.83 bits per heavy atom. The summed E-state index contributed by atoms with van der Waals surface area (Å²) in [6.07, 6.45) is 6.07. The third kappa shape index (κ3) is 1.64. The van der Waals surface area contributed by atoms with Crippen LogP contribution in [0.15, 0.2) is 60.1 Å². The average Bonchev–Trinajstić information content (AvgIpc) is 2.81. The van der Waals surface area contributed by atoms with E-state index in [-0.39, 0.29) is 5.41 Å². The van der Waals surface area contributed by atoms with E-state index in [1.807, 2.05) is 12.1 Å². The molecule has 0 fully saturated rings. The molecule has 0 N–H and O–H groups in total. The SMILES string of the molecule is CC1(C)c2ccccc2-c2c1ccc1c2OC2=C(C=CCC2)O1. The van der Waals surface area contributed by atoms with Gasteiger partial charge in [0.1, 0.15) is 5.76 Å². The fraction of sp³-hybridized carbons (Fsp3) is 0.238. The lowest BCUT2D eigenvalue weighted by atomic mass is 9.82. The van der Waals surface area contributed by atoms with Gasteiger partial charge in [0.15, 0.2) is 17.3 Å². The number of allylic oxidation sites excluding steroid dienone is 3. The van der Waals surface area contributed by atoms with Crippen molar-refractivity contribution in [3.05, 3.63) is 71.2 Å². The van der Waals surface area contributed by atoms with Crippen molar-refractivity contribution in [1.29, 1.82) is 0 Å². The Morgan fingerprint density at radius 1 is 0.957 bits per heavy atom. The van der Waals surface area contributed by atoms with Crippen LogP contribution >= 0.6 is 0 Å². The maximum Gasteiger partial charge on any atom is 0.177 e. The van der Waals surface area contributed by atoms with E-state index in [4.69, 9.17) is 9.47 Å². The fourth-order valence-electron chi connectivity index (χ4n) is 3.98. The Balaban J connectivity index is 1.77. The van der Waals surface area contributed by atoms with Crippen molar-refractivity contribution in [3.63, 3.8) is 0 Å². The molecular formula is C21H18O2. The molecule has 23 heavy (non-hydrogen) atoms. The number of hydrogen-bond acceptors (Lipinski definition) is 2. The summed E-state index contributed by atoms with van der Waals surface area (Å²) in [6, 6.07) is 12.9. The highest BCUT2D eigenvalue weighted by Crippen LogP contribution is 2.56. The van der Waals surface area contributed by atoms with Crippen LogP contribution in [0, 0.1) is 0 Å². The highest BCUT2D eigenvalue weighted by molar-refractivity contribution is 5.87. The van der Waals surface area contributed by atoms with E-state index in [1.165, 1.54) is 22.3 Å². The molecule has 0 amide bonds. The van der Waals surface area contributed by atoms with Crippen LogP contribution in [0.25, 0.3) is 11.1 Å². The first-order chi connectivity index (χ1) is 11.2. The molecule has 0 saturated heterocycles. The lowest BCUT2D eigenvalue weighted by Crippen LogP contribution is -2.16. The van der Waals surface area contributed by atoms with Crippen LogP contribution in [0.4, 0.5) is 0 Å². The zero-order valence-corrected chi connectivity index (χ0v) is 13.3. The molecule has 0 saturated carbocycles. The summed E-state index contributed by atoms with van der Waals surface area (Å²) in [5, 5.41) is 0. The van der Waals surface area contributed by atoms with Crippen LogP contribution in [0.3, 0.4) is 0 Å². The highest BCUT2D eigenvalue weighted by Gasteiger charge is 2.39. The summed E-state index contributed by atoms with van der Waals surface area (Å²) >= 11 is 0. The summed E-state index contributed by atoms with van der Waals surface area (Å²) in [6.45, 7) is 4.56. The highest BCUT2D eigenvalue weighted by atomic mass is 16.6. The number of hydrogen-bond donors (Lipinski definition) is 0. The van der Waals surface area contributed by atoms with Crippen LogP contribution < -0.4 is 9.47 Å². The molecule has 1 aliphatic heterocycles. The smallest absolute Gasteiger partial charge is 0.177 e. The molecule has 2 aromatic carbocycles. The Labute approximate surface area is 136 Å². The molecule has 2 nitrogen and oxygen atoms in total. The van der Waals surface area contributed by atoms with Crippen molar-refractivity contribution < 1.29 is 9.47 Å². The van der Waals surface area contributed by atoms with Crippen molar-refractivity contribution in [2.75, 3.05) is 0 Å². The molecule has 2 aliphatic carbocycles. The molecule has 0 atom stereocenters. The first-order valence-electron chi connectivity index (χ1n) is 8.19. The number of ether oxygens (including phenoxy) is 2. The van der Waals surface area contributed by atoms with Gasteiger partial charge in [-0.1, -0.05) is 50.3 Å². The zero-order valence-electron chi connectivity index (χ0n) is 13.3. The van der Waals surface area contributed by atoms with Gasteiger partial charge in [0, 0.05) is 17.4 Å². The molecule has 2 aromatic rings. The van der Waals surface area contributed by atoms with E-state index in [2.05, 4.69) is 50.3 Å². The molecule has 3 aliphatic rings. The summed E-state index contributed by atoms with van der Waals surface area (Å²) in [5.74, 6) is 3.51. The van der Waals surface area contributed by atoms with E-state index in [0.717, 1.165) is 35.9 Å². The monoisotopic (exact) mass is 302 g/mol. The van der Waals surface area contributed by atoms with Gasteiger partial charge in [0.2, 0.25) is 0 Å². The fourth-order valence-corrected chi connectivity index (χ4v) is 3.98. The van der Waals surface area contributed by atoms with Crippen molar-refractivity contribution in [3.8, 4) is 22.6 Å². The third-order valence-corrected chi connectivity index (χ3v) is 5.19. The molecular weight excluding hydrogens is 284 g/mol. The van der Waals surface area contributed by atoms with Gasteiger partial charge in [0.05, 0.1) is 0 Å². The minimum absolute atomic E-state index is 0.00849. The maximum absolute atomic E-state index is 6.33. The molecule has 0 unspecified atom stereocenters. The van der Waals surface area contributed by atoms with Gasteiger partial charge in [0.25, 0.3) is 0 Å². The van der Waals surface area contributed by atoms with E-state index in [0.29, 0.717) is 0 Å². The van der Waals surface area contributed by atoms with Gasteiger partial charge in [-0.15, -0.1) is 0 Å². The van der Waals surface area contributed by atoms with Gasteiger partial charge in [-0.25, -0.2) is 0 Å². The van der Waals surface area contributed by atoms with Gasteiger partial charge in [-0.2, -0.15) is 0 Å². The second-order valence-corrected chi connectivity index (χ2v) is 6.92. The first kappa shape index (κ1) is 13.0. The summed E-state index contributed by atoms with van der Waals surface area (Å²) in [7, 11) is 0. The van der Waals surface area contributed by atoms with Crippen molar-refractivity contribution in [1.82, 2.24) is 0 Å². The minimum atomic E-state index is -0.00849. The molecule has 1 heterocycles. The summed E-state index contributed by atoms with van der Waals surface area (Å²) in [4.78, 5) is 0. The maximum atomic E-state index is 6.33. The Bertz CT molecular complexity index is 900. The van der Waals surface area contributed by atoms with Gasteiger partial charge < -0.3 is 9.47 Å². The Morgan fingerprint density at radius 3 is 2.74 bits per heavy atom. The minimum Gasteiger partial charge on any atom is -0.453 e. The van der Waals surface area contributed by atoms with Crippen LogP contribution in [0.5, 0.6) is 11.5 Å². The largest absolute Gasteiger partial charge is 0.453 e. The van der Waals surface area contributed by atoms with E-state index in [1.54, 1.807) is 0 Å². The van der Waals surface area contributed by atoms with Crippen molar-refractivity contribution in [2.45, 2.75) is 32.1 Å². The lowest BCUT2D eigenvalue weighted by Gasteiger charge is -2.27. The predicted octanol–water partition coefficient (Wildman–Crippen LogP) is 5.33. The van der Waals surface area contributed by atoms with E-state index in [9.17, 15) is 0 Å². The number of benzene rings is 2. The quantitative estimate of drug-likeness (QED) is 0.655. The van der Waals surface area contributed by atoms with Crippen molar-refractivity contribution in [2.24, 2.45) is 0 Å². The molecule has 0 spiro atoms. The molecule has 0 bridgehead atoms. The topological polar surface area (TPSA) is 18.5 Å². The van der Waals surface area contributed by atoms with Gasteiger partial charge in [-0.3, -0.25) is 0 Å². The third-order valence-electron chi connectivity index (χ3n) is 5.19. The molecule has 5 rings (SSSR count). The van der Waals surface area contributed by atoms with Crippen LogP contribution in [0.2, 0.25) is 0 Å². The van der Waals surface area contributed by atoms with Gasteiger partial charge >= 0.3 is 0 Å². The Kier molecular flexibility index (Phi) is 2.42. The van der Waals surface area contributed by atoms with Crippen LogP contribution in [-0.4, -0.2) is 0 Å². The molecule has 0 radical (unpaired) electrons. The lowest BCUT2D eigenvalue weighted by molar-refractivity contribution is 0.290. The predicted molar refractivity (Wildman–Crippen MR) is 90.7 cm³/mol.